The molecular weight excluding hydrogens is 207 g/mol. The fourth-order valence-corrected chi connectivity index (χ4v) is 2.21. The number of likely N-dealkylation sites (N-methyl/N-ethyl adjacent to an activating group) is 1. The van der Waals surface area contributed by atoms with Gasteiger partial charge in [0.25, 0.3) is 5.91 Å². The highest BCUT2D eigenvalue weighted by Crippen LogP contribution is 2.29. The number of nitrogens with two attached hydrogens (primary N) is 1. The van der Waals surface area contributed by atoms with Gasteiger partial charge in [-0.25, -0.2) is 4.39 Å². The maximum Gasteiger partial charge on any atom is 0.254 e. The summed E-state index contributed by atoms with van der Waals surface area (Å²) in [5, 5.41) is 0. The average Bonchev–Trinajstić information content (AvgIpc) is 2.30. The lowest BCUT2D eigenvalue weighted by molar-refractivity contribution is 0.0730. The molecule has 0 spiro atoms. The Hall–Kier alpha value is -1.42. The molecule has 0 saturated heterocycles. The van der Waals surface area contributed by atoms with Crippen LogP contribution in [0.4, 0.5) is 4.39 Å². The number of fused-ring (bicyclic) bond motifs is 1. The third-order valence-electron chi connectivity index (χ3n) is 3.09. The van der Waals surface area contributed by atoms with E-state index in [0.29, 0.717) is 30.8 Å². The highest BCUT2D eigenvalue weighted by molar-refractivity contribution is 5.97. The van der Waals surface area contributed by atoms with Crippen molar-refractivity contribution in [2.45, 2.75) is 12.8 Å². The van der Waals surface area contributed by atoms with Crippen molar-refractivity contribution in [1.29, 1.82) is 0 Å². The molecule has 1 amide bonds. The summed E-state index contributed by atoms with van der Waals surface area (Å²) in [6, 6.07) is 4.63. The molecule has 1 heterocycles. The third-order valence-corrected chi connectivity index (χ3v) is 3.09. The molecule has 2 N–H and O–H groups in total. The number of hydrogen-bond donors (Lipinski definition) is 1. The van der Waals surface area contributed by atoms with Gasteiger partial charge in [0.2, 0.25) is 0 Å². The first-order valence-electron chi connectivity index (χ1n) is 5.46. The zero-order chi connectivity index (χ0) is 11.7. The standard InChI is InChI=1S/C12H15FN2O/c1-2-15-7-8(6-14)11-9(12(15)16)4-3-5-10(11)13/h3-5,8H,2,6-7,14H2,1H3. The third kappa shape index (κ3) is 1.59. The number of nitrogens with zero attached hydrogens (tertiary/aromatic N) is 1. The molecule has 3 nitrogen and oxygen atoms in total. The van der Waals surface area contributed by atoms with Gasteiger partial charge in [-0.05, 0) is 19.1 Å². The zero-order valence-electron chi connectivity index (χ0n) is 9.24. The Morgan fingerprint density at radius 2 is 2.31 bits per heavy atom. The number of benzene rings is 1. The summed E-state index contributed by atoms with van der Waals surface area (Å²) in [7, 11) is 0. The van der Waals surface area contributed by atoms with E-state index < -0.39 is 0 Å². The van der Waals surface area contributed by atoms with Gasteiger partial charge in [0.1, 0.15) is 5.82 Å². The first-order chi connectivity index (χ1) is 7.69. The van der Waals surface area contributed by atoms with Gasteiger partial charge in [-0.15, -0.1) is 0 Å². The number of carbonyl (C=O) groups excluding carboxylic acids is 1. The van der Waals surface area contributed by atoms with E-state index in [2.05, 4.69) is 0 Å². The Kier molecular flexibility index (Phi) is 2.92. The van der Waals surface area contributed by atoms with Crippen LogP contribution in [0.25, 0.3) is 0 Å². The molecule has 16 heavy (non-hydrogen) atoms. The second-order valence-corrected chi connectivity index (χ2v) is 3.98. The zero-order valence-corrected chi connectivity index (χ0v) is 9.24. The molecule has 0 aliphatic carbocycles. The highest BCUT2D eigenvalue weighted by Gasteiger charge is 2.31. The number of rotatable bonds is 2. The Morgan fingerprint density at radius 1 is 1.56 bits per heavy atom. The van der Waals surface area contributed by atoms with E-state index in [0.717, 1.165) is 0 Å². The predicted octanol–water partition coefficient (Wildman–Crippen LogP) is 1.34. The van der Waals surface area contributed by atoms with Gasteiger partial charge in [-0.1, -0.05) is 6.07 Å². The maximum atomic E-state index is 13.7. The van der Waals surface area contributed by atoms with Crippen molar-refractivity contribution in [3.63, 3.8) is 0 Å². The summed E-state index contributed by atoms with van der Waals surface area (Å²) in [4.78, 5) is 13.7. The monoisotopic (exact) mass is 222 g/mol. The van der Waals surface area contributed by atoms with Gasteiger partial charge >= 0.3 is 0 Å². The number of carbonyl (C=O) groups is 1. The molecule has 1 aromatic rings. The van der Waals surface area contributed by atoms with Crippen molar-refractivity contribution in [2.24, 2.45) is 5.73 Å². The molecule has 0 bridgehead atoms. The molecule has 86 valence electrons. The van der Waals surface area contributed by atoms with Crippen LogP contribution in [-0.4, -0.2) is 30.4 Å². The summed E-state index contributed by atoms with van der Waals surface area (Å²) < 4.78 is 13.7. The molecule has 1 unspecified atom stereocenters. The highest BCUT2D eigenvalue weighted by atomic mass is 19.1. The van der Waals surface area contributed by atoms with Crippen molar-refractivity contribution in [3.05, 3.63) is 35.1 Å². The summed E-state index contributed by atoms with van der Waals surface area (Å²) in [5.74, 6) is -0.507. The van der Waals surface area contributed by atoms with E-state index in [9.17, 15) is 9.18 Å². The Bertz CT molecular complexity index is 419. The van der Waals surface area contributed by atoms with Crippen molar-refractivity contribution in [3.8, 4) is 0 Å². The van der Waals surface area contributed by atoms with E-state index in [-0.39, 0.29) is 17.6 Å². The molecule has 0 aromatic heterocycles. The average molecular weight is 222 g/mol. The summed E-state index contributed by atoms with van der Waals surface area (Å²) in [6.07, 6.45) is 0. The molecule has 4 heteroatoms. The fourth-order valence-electron chi connectivity index (χ4n) is 2.21. The summed E-state index contributed by atoms with van der Waals surface area (Å²) in [5.41, 5.74) is 6.59. The van der Waals surface area contributed by atoms with Crippen LogP contribution in [0.5, 0.6) is 0 Å². The lowest BCUT2D eigenvalue weighted by atomic mass is 9.89. The number of amides is 1. The largest absolute Gasteiger partial charge is 0.338 e. The van der Waals surface area contributed by atoms with E-state index in [1.165, 1.54) is 6.07 Å². The van der Waals surface area contributed by atoms with E-state index in [1.807, 2.05) is 6.92 Å². The van der Waals surface area contributed by atoms with E-state index in [1.54, 1.807) is 17.0 Å². The van der Waals surface area contributed by atoms with Crippen LogP contribution in [-0.2, 0) is 0 Å². The smallest absolute Gasteiger partial charge is 0.254 e. The number of halogens is 1. The maximum absolute atomic E-state index is 13.7. The predicted molar refractivity (Wildman–Crippen MR) is 59.8 cm³/mol. The molecule has 0 saturated carbocycles. The van der Waals surface area contributed by atoms with Crippen molar-refractivity contribution in [2.75, 3.05) is 19.6 Å². The van der Waals surface area contributed by atoms with Crippen molar-refractivity contribution < 1.29 is 9.18 Å². The number of hydrogen-bond acceptors (Lipinski definition) is 2. The van der Waals surface area contributed by atoms with Crippen LogP contribution < -0.4 is 5.73 Å². The second kappa shape index (κ2) is 4.22. The minimum absolute atomic E-state index is 0.0890. The van der Waals surface area contributed by atoms with Crippen LogP contribution >= 0.6 is 0 Å². The Morgan fingerprint density at radius 3 is 2.94 bits per heavy atom. The molecule has 0 radical (unpaired) electrons. The molecule has 0 fully saturated rings. The Balaban J connectivity index is 2.53. The van der Waals surface area contributed by atoms with Gasteiger partial charge in [0.15, 0.2) is 0 Å². The van der Waals surface area contributed by atoms with Crippen LogP contribution in [0.2, 0.25) is 0 Å². The van der Waals surface area contributed by atoms with Gasteiger partial charge in [-0.3, -0.25) is 4.79 Å². The minimum atomic E-state index is -0.322. The van der Waals surface area contributed by atoms with Crippen LogP contribution in [0.15, 0.2) is 18.2 Å². The van der Waals surface area contributed by atoms with E-state index >= 15 is 0 Å². The van der Waals surface area contributed by atoms with Gasteiger partial charge in [0.05, 0.1) is 0 Å². The Labute approximate surface area is 94.0 Å². The quantitative estimate of drug-likeness (QED) is 0.820. The molecule has 1 aliphatic rings. The van der Waals surface area contributed by atoms with Gasteiger partial charge in [0, 0.05) is 36.7 Å². The van der Waals surface area contributed by atoms with Gasteiger partial charge < -0.3 is 10.6 Å². The minimum Gasteiger partial charge on any atom is -0.338 e. The van der Waals surface area contributed by atoms with E-state index in [4.69, 9.17) is 5.73 Å². The SMILES string of the molecule is CCN1CC(CN)c2c(F)cccc2C1=O. The second-order valence-electron chi connectivity index (χ2n) is 3.98. The first kappa shape index (κ1) is 11.1. The van der Waals surface area contributed by atoms with Gasteiger partial charge in [-0.2, -0.15) is 0 Å². The first-order valence-corrected chi connectivity index (χ1v) is 5.46. The molecule has 2 rings (SSSR count). The lowest BCUT2D eigenvalue weighted by Gasteiger charge is -2.33. The summed E-state index contributed by atoms with van der Waals surface area (Å²) >= 11 is 0. The molecule has 1 atom stereocenters. The molecular formula is C12H15FN2O. The van der Waals surface area contributed by atoms with Crippen molar-refractivity contribution in [1.82, 2.24) is 4.90 Å². The fraction of sp³-hybridized carbons (Fsp3) is 0.417. The summed E-state index contributed by atoms with van der Waals surface area (Å²) in [6.45, 7) is 3.42. The molecule has 1 aliphatic heterocycles. The van der Waals surface area contributed by atoms with Crippen LogP contribution in [0.1, 0.15) is 28.8 Å². The van der Waals surface area contributed by atoms with Crippen molar-refractivity contribution >= 4 is 5.91 Å². The topological polar surface area (TPSA) is 46.3 Å². The molecule has 1 aromatic carbocycles. The lowest BCUT2D eigenvalue weighted by Crippen LogP contribution is -2.42. The van der Waals surface area contributed by atoms with Crippen LogP contribution in [0.3, 0.4) is 0 Å². The normalized spacial score (nSPS) is 19.8. The van der Waals surface area contributed by atoms with Crippen LogP contribution in [0, 0.1) is 5.82 Å².